The van der Waals surface area contributed by atoms with Crippen molar-refractivity contribution < 1.29 is 8.42 Å². The van der Waals surface area contributed by atoms with Gasteiger partial charge in [0, 0.05) is 18.6 Å². The number of nitrogens with zero attached hydrogens (tertiary/aromatic N) is 1. The molecule has 6 heteroatoms. The molecular formula is C9H21N3O2S. The van der Waals surface area contributed by atoms with Crippen molar-refractivity contribution >= 4 is 10.0 Å². The zero-order valence-electron chi connectivity index (χ0n) is 9.44. The average Bonchev–Trinajstić information content (AvgIpc) is 2.10. The Morgan fingerprint density at radius 2 is 2.20 bits per heavy atom. The molecule has 1 rings (SSSR count). The second-order valence-corrected chi connectivity index (χ2v) is 6.15. The van der Waals surface area contributed by atoms with Crippen LogP contribution in [0.2, 0.25) is 0 Å². The quantitative estimate of drug-likeness (QED) is 0.679. The van der Waals surface area contributed by atoms with Crippen molar-refractivity contribution in [3.05, 3.63) is 0 Å². The molecule has 0 aliphatic carbocycles. The van der Waals surface area contributed by atoms with Gasteiger partial charge in [0.2, 0.25) is 10.0 Å². The summed E-state index contributed by atoms with van der Waals surface area (Å²) in [5, 5.41) is 0. The molecule has 90 valence electrons. The van der Waals surface area contributed by atoms with Gasteiger partial charge in [0.15, 0.2) is 0 Å². The zero-order chi connectivity index (χ0) is 11.5. The monoisotopic (exact) mass is 235 g/mol. The van der Waals surface area contributed by atoms with Crippen molar-refractivity contribution in [2.24, 2.45) is 5.73 Å². The molecule has 15 heavy (non-hydrogen) atoms. The van der Waals surface area contributed by atoms with Crippen molar-refractivity contribution in [2.75, 3.05) is 25.9 Å². The lowest BCUT2D eigenvalue weighted by Gasteiger charge is -2.35. The molecule has 1 fully saturated rings. The normalized spacial score (nSPS) is 29.3. The van der Waals surface area contributed by atoms with Crippen LogP contribution in [0.4, 0.5) is 0 Å². The fourth-order valence-electron chi connectivity index (χ4n) is 1.86. The van der Waals surface area contributed by atoms with E-state index in [1.54, 1.807) is 0 Å². The molecule has 2 atom stereocenters. The summed E-state index contributed by atoms with van der Waals surface area (Å²) in [6.45, 7) is 3.23. The van der Waals surface area contributed by atoms with E-state index in [0.717, 1.165) is 19.4 Å². The number of piperidine rings is 1. The maximum atomic E-state index is 11.5. The molecule has 1 heterocycles. The molecular weight excluding hydrogens is 214 g/mol. The standard InChI is InChI=1S/C9H21N3O2S/c1-8-7-9(3-5-12(8)2)11-15(13,14)6-4-10/h8-9,11H,3-7,10H2,1-2H3. The van der Waals surface area contributed by atoms with Crippen LogP contribution in [0.15, 0.2) is 0 Å². The van der Waals surface area contributed by atoms with E-state index in [9.17, 15) is 8.42 Å². The van der Waals surface area contributed by atoms with Gasteiger partial charge in [-0.25, -0.2) is 13.1 Å². The van der Waals surface area contributed by atoms with Crippen LogP contribution in [0.25, 0.3) is 0 Å². The summed E-state index contributed by atoms with van der Waals surface area (Å²) < 4.78 is 25.7. The smallest absolute Gasteiger partial charge is 0.213 e. The average molecular weight is 235 g/mol. The first-order chi connectivity index (χ1) is 6.94. The van der Waals surface area contributed by atoms with Gasteiger partial charge in [0.05, 0.1) is 5.75 Å². The number of rotatable bonds is 4. The van der Waals surface area contributed by atoms with E-state index >= 15 is 0 Å². The Balaban J connectivity index is 2.46. The third kappa shape index (κ3) is 4.06. The van der Waals surface area contributed by atoms with Crippen molar-refractivity contribution in [3.63, 3.8) is 0 Å². The van der Waals surface area contributed by atoms with E-state index in [4.69, 9.17) is 5.73 Å². The number of likely N-dealkylation sites (tertiary alicyclic amines) is 1. The van der Waals surface area contributed by atoms with Crippen LogP contribution in [-0.2, 0) is 10.0 Å². The fraction of sp³-hybridized carbons (Fsp3) is 1.00. The van der Waals surface area contributed by atoms with Crippen LogP contribution in [0.5, 0.6) is 0 Å². The fourth-order valence-corrected chi connectivity index (χ4v) is 3.01. The van der Waals surface area contributed by atoms with Crippen LogP contribution in [0, 0.1) is 0 Å². The van der Waals surface area contributed by atoms with Gasteiger partial charge >= 0.3 is 0 Å². The lowest BCUT2D eigenvalue weighted by molar-refractivity contribution is 0.178. The predicted molar refractivity (Wildman–Crippen MR) is 61.1 cm³/mol. The van der Waals surface area contributed by atoms with Gasteiger partial charge in [0.1, 0.15) is 0 Å². The third-order valence-electron chi connectivity index (χ3n) is 2.94. The van der Waals surface area contributed by atoms with Crippen molar-refractivity contribution in [2.45, 2.75) is 31.8 Å². The Bertz CT molecular complexity index is 292. The maximum absolute atomic E-state index is 11.5. The largest absolute Gasteiger partial charge is 0.329 e. The lowest BCUT2D eigenvalue weighted by Crippen LogP contribution is -2.48. The van der Waals surface area contributed by atoms with Gasteiger partial charge in [-0.05, 0) is 33.4 Å². The number of hydrogen-bond acceptors (Lipinski definition) is 4. The first-order valence-electron chi connectivity index (χ1n) is 5.35. The van der Waals surface area contributed by atoms with E-state index in [1.807, 2.05) is 0 Å². The SMILES string of the molecule is CC1CC(NS(=O)(=O)CCN)CCN1C. The summed E-state index contributed by atoms with van der Waals surface area (Å²) >= 11 is 0. The predicted octanol–water partition coefficient (Wildman–Crippen LogP) is -0.653. The minimum atomic E-state index is -3.17. The zero-order valence-corrected chi connectivity index (χ0v) is 10.3. The third-order valence-corrected chi connectivity index (χ3v) is 4.41. The lowest BCUT2D eigenvalue weighted by atomic mass is 10.0. The molecule has 0 amide bonds. The number of nitrogens with two attached hydrogens (primary N) is 1. The van der Waals surface area contributed by atoms with Crippen LogP contribution in [0.3, 0.4) is 0 Å². The molecule has 3 N–H and O–H groups in total. The minimum Gasteiger partial charge on any atom is -0.329 e. The highest BCUT2D eigenvalue weighted by atomic mass is 32.2. The van der Waals surface area contributed by atoms with Gasteiger partial charge in [-0.2, -0.15) is 0 Å². The molecule has 1 saturated heterocycles. The first-order valence-corrected chi connectivity index (χ1v) is 7.00. The first kappa shape index (κ1) is 12.9. The van der Waals surface area contributed by atoms with E-state index in [-0.39, 0.29) is 18.3 Å². The van der Waals surface area contributed by atoms with Crippen molar-refractivity contribution in [1.82, 2.24) is 9.62 Å². The van der Waals surface area contributed by atoms with Gasteiger partial charge in [0.25, 0.3) is 0 Å². The number of nitrogens with one attached hydrogen (secondary N) is 1. The number of sulfonamides is 1. The second-order valence-electron chi connectivity index (χ2n) is 4.28. The summed E-state index contributed by atoms with van der Waals surface area (Å²) in [5.74, 6) is 0.0215. The van der Waals surface area contributed by atoms with Crippen molar-refractivity contribution in [3.8, 4) is 0 Å². The topological polar surface area (TPSA) is 75.4 Å². The molecule has 0 aromatic rings. The van der Waals surface area contributed by atoms with E-state index in [0.29, 0.717) is 6.04 Å². The van der Waals surface area contributed by atoms with E-state index in [2.05, 4.69) is 23.6 Å². The molecule has 1 aliphatic heterocycles. The molecule has 0 radical (unpaired) electrons. The Morgan fingerprint density at radius 3 is 2.73 bits per heavy atom. The summed E-state index contributed by atoms with van der Waals surface area (Å²) in [5.41, 5.74) is 5.24. The van der Waals surface area contributed by atoms with E-state index < -0.39 is 10.0 Å². The minimum absolute atomic E-state index is 0.0215. The van der Waals surface area contributed by atoms with Crippen molar-refractivity contribution in [1.29, 1.82) is 0 Å². The Hall–Kier alpha value is -0.170. The van der Waals surface area contributed by atoms with Gasteiger partial charge in [-0.15, -0.1) is 0 Å². The molecule has 2 unspecified atom stereocenters. The second kappa shape index (κ2) is 5.25. The van der Waals surface area contributed by atoms with Gasteiger partial charge < -0.3 is 10.6 Å². The Labute approximate surface area is 92.1 Å². The highest BCUT2D eigenvalue weighted by Gasteiger charge is 2.25. The van der Waals surface area contributed by atoms with Gasteiger partial charge in [-0.3, -0.25) is 0 Å². The summed E-state index contributed by atoms with van der Waals surface area (Å²) in [4.78, 5) is 2.24. The molecule has 0 bridgehead atoms. The maximum Gasteiger partial charge on any atom is 0.213 e. The molecule has 5 nitrogen and oxygen atoms in total. The molecule has 0 spiro atoms. The van der Waals surface area contributed by atoms with Crippen LogP contribution >= 0.6 is 0 Å². The highest BCUT2D eigenvalue weighted by Crippen LogP contribution is 2.15. The molecule has 0 saturated carbocycles. The Morgan fingerprint density at radius 1 is 1.53 bits per heavy atom. The molecule has 1 aliphatic rings. The van der Waals surface area contributed by atoms with E-state index in [1.165, 1.54) is 0 Å². The number of hydrogen-bond donors (Lipinski definition) is 2. The van der Waals surface area contributed by atoms with Gasteiger partial charge in [-0.1, -0.05) is 0 Å². The highest BCUT2D eigenvalue weighted by molar-refractivity contribution is 7.89. The summed E-state index contributed by atoms with van der Waals surface area (Å²) in [6, 6.07) is 0.511. The van der Waals surface area contributed by atoms with Crippen LogP contribution in [0.1, 0.15) is 19.8 Å². The molecule has 0 aromatic carbocycles. The Kier molecular flexibility index (Phi) is 4.51. The summed E-state index contributed by atoms with van der Waals surface area (Å²) in [6.07, 6.45) is 1.75. The molecule has 0 aromatic heterocycles. The summed E-state index contributed by atoms with van der Waals surface area (Å²) in [7, 11) is -1.10. The van der Waals surface area contributed by atoms with Crippen LogP contribution in [-0.4, -0.2) is 51.3 Å². The van der Waals surface area contributed by atoms with Crippen LogP contribution < -0.4 is 10.5 Å².